The van der Waals surface area contributed by atoms with Crippen LogP contribution in [-0.4, -0.2) is 32.7 Å². The van der Waals surface area contributed by atoms with Gasteiger partial charge in [-0.2, -0.15) is 0 Å². The quantitative estimate of drug-likeness (QED) is 0.747. The van der Waals surface area contributed by atoms with E-state index < -0.39 is 27.3 Å². The Hall–Kier alpha value is -1.38. The molecule has 0 spiro atoms. The topological polar surface area (TPSA) is 101 Å². The van der Waals surface area contributed by atoms with Gasteiger partial charge in [-0.25, -0.2) is 12.8 Å². The van der Waals surface area contributed by atoms with Gasteiger partial charge in [0, 0.05) is 17.6 Å². The van der Waals surface area contributed by atoms with Crippen LogP contribution in [0.5, 0.6) is 0 Å². The predicted molar refractivity (Wildman–Crippen MR) is 82.7 cm³/mol. The Morgan fingerprint density at radius 2 is 1.95 bits per heavy atom. The molecule has 0 bridgehead atoms. The largest absolute Gasteiger partial charge is 0.350 e. The summed E-state index contributed by atoms with van der Waals surface area (Å²) in [4.78, 5) is 11.9. The summed E-state index contributed by atoms with van der Waals surface area (Å²) < 4.78 is 37.7. The van der Waals surface area contributed by atoms with E-state index in [4.69, 9.17) is 5.73 Å². The first-order valence-corrected chi connectivity index (χ1v) is 7.71. The van der Waals surface area contributed by atoms with Gasteiger partial charge in [0.1, 0.15) is 5.82 Å². The highest BCUT2D eigenvalue weighted by Crippen LogP contribution is 2.17. The Kier molecular flexibility index (Phi) is 6.59. The van der Waals surface area contributed by atoms with Gasteiger partial charge in [0.2, 0.25) is 10.0 Å². The number of anilines is 1. The molecule has 1 amide bonds. The summed E-state index contributed by atoms with van der Waals surface area (Å²) in [6.45, 7) is 3.72. The Morgan fingerprint density at radius 3 is 2.43 bits per heavy atom. The SMILES string of the molecule is CC(C)(N)CNC(=O)c1ccc(F)c(NS(C)(=O)=O)c1.Cl. The molecule has 0 aromatic heterocycles. The summed E-state index contributed by atoms with van der Waals surface area (Å²) in [5.41, 5.74) is 5.02. The summed E-state index contributed by atoms with van der Waals surface area (Å²) in [6.07, 6.45) is 0.899. The molecule has 0 aliphatic carbocycles. The molecule has 0 unspecified atom stereocenters. The normalized spacial score (nSPS) is 11.5. The Labute approximate surface area is 129 Å². The van der Waals surface area contributed by atoms with Gasteiger partial charge in [-0.05, 0) is 32.0 Å². The monoisotopic (exact) mass is 339 g/mol. The van der Waals surface area contributed by atoms with Crippen molar-refractivity contribution in [1.29, 1.82) is 0 Å². The number of rotatable bonds is 5. The van der Waals surface area contributed by atoms with E-state index in [0.717, 1.165) is 18.4 Å². The molecular weight excluding hydrogens is 321 g/mol. The van der Waals surface area contributed by atoms with Crippen molar-refractivity contribution in [1.82, 2.24) is 5.32 Å². The fraction of sp³-hybridized carbons (Fsp3) is 0.417. The summed E-state index contributed by atoms with van der Waals surface area (Å²) in [5.74, 6) is -1.22. The van der Waals surface area contributed by atoms with Crippen molar-refractivity contribution >= 4 is 34.0 Å². The summed E-state index contributed by atoms with van der Waals surface area (Å²) in [6, 6.07) is 3.42. The van der Waals surface area contributed by atoms with Gasteiger partial charge in [-0.1, -0.05) is 0 Å². The Morgan fingerprint density at radius 1 is 1.38 bits per heavy atom. The van der Waals surface area contributed by atoms with E-state index in [1.165, 1.54) is 6.07 Å². The number of carbonyl (C=O) groups is 1. The predicted octanol–water partition coefficient (Wildman–Crippen LogP) is 1.09. The van der Waals surface area contributed by atoms with Gasteiger partial charge in [-0.3, -0.25) is 9.52 Å². The number of sulfonamides is 1. The maximum Gasteiger partial charge on any atom is 0.251 e. The maximum atomic E-state index is 13.5. The maximum absolute atomic E-state index is 13.5. The standard InChI is InChI=1S/C12H18FN3O3S.ClH/c1-12(2,14)7-15-11(17)8-4-5-9(13)10(6-8)16-20(3,18)19;/h4-6,16H,7,14H2,1-3H3,(H,15,17);1H. The third kappa shape index (κ3) is 7.26. The van der Waals surface area contributed by atoms with Crippen LogP contribution in [0.2, 0.25) is 0 Å². The zero-order valence-electron chi connectivity index (χ0n) is 11.9. The van der Waals surface area contributed by atoms with Crippen LogP contribution in [-0.2, 0) is 10.0 Å². The van der Waals surface area contributed by atoms with Crippen LogP contribution in [0.1, 0.15) is 24.2 Å². The lowest BCUT2D eigenvalue weighted by atomic mass is 10.1. The molecule has 0 heterocycles. The van der Waals surface area contributed by atoms with Crippen molar-refractivity contribution in [3.63, 3.8) is 0 Å². The summed E-state index contributed by atoms with van der Waals surface area (Å²) in [5, 5.41) is 2.58. The molecule has 9 heteroatoms. The molecule has 0 fully saturated rings. The molecule has 0 aliphatic rings. The van der Waals surface area contributed by atoms with E-state index in [9.17, 15) is 17.6 Å². The number of hydrogen-bond donors (Lipinski definition) is 3. The first-order chi connectivity index (χ1) is 8.98. The second kappa shape index (κ2) is 7.06. The van der Waals surface area contributed by atoms with Gasteiger partial charge in [-0.15, -0.1) is 12.4 Å². The fourth-order valence-electron chi connectivity index (χ4n) is 1.35. The lowest BCUT2D eigenvalue weighted by Crippen LogP contribution is -2.45. The van der Waals surface area contributed by atoms with E-state index in [2.05, 4.69) is 5.32 Å². The number of benzene rings is 1. The van der Waals surface area contributed by atoms with Crippen molar-refractivity contribution in [2.45, 2.75) is 19.4 Å². The van der Waals surface area contributed by atoms with Crippen molar-refractivity contribution in [3.8, 4) is 0 Å². The third-order valence-corrected chi connectivity index (χ3v) is 2.82. The van der Waals surface area contributed by atoms with Gasteiger partial charge in [0.15, 0.2) is 0 Å². The number of hydrogen-bond acceptors (Lipinski definition) is 4. The smallest absolute Gasteiger partial charge is 0.251 e. The van der Waals surface area contributed by atoms with Crippen LogP contribution in [0.25, 0.3) is 0 Å². The number of nitrogens with two attached hydrogens (primary N) is 1. The molecule has 6 nitrogen and oxygen atoms in total. The highest BCUT2D eigenvalue weighted by molar-refractivity contribution is 7.92. The number of carbonyl (C=O) groups excluding carboxylic acids is 1. The van der Waals surface area contributed by atoms with Crippen LogP contribution in [0.15, 0.2) is 18.2 Å². The zero-order chi connectivity index (χ0) is 15.6. The zero-order valence-corrected chi connectivity index (χ0v) is 13.6. The minimum Gasteiger partial charge on any atom is -0.350 e. The van der Waals surface area contributed by atoms with Gasteiger partial charge in [0.25, 0.3) is 5.91 Å². The van der Waals surface area contributed by atoms with Crippen molar-refractivity contribution in [2.24, 2.45) is 5.73 Å². The van der Waals surface area contributed by atoms with E-state index >= 15 is 0 Å². The van der Waals surface area contributed by atoms with Crippen molar-refractivity contribution in [3.05, 3.63) is 29.6 Å². The second-order valence-corrected chi connectivity index (χ2v) is 6.99. The molecular formula is C12H19ClFN3O3S. The lowest BCUT2D eigenvalue weighted by molar-refractivity contribution is 0.0946. The van der Waals surface area contributed by atoms with E-state index in [1.807, 2.05) is 4.72 Å². The van der Waals surface area contributed by atoms with Gasteiger partial charge >= 0.3 is 0 Å². The molecule has 4 N–H and O–H groups in total. The Balaban J connectivity index is 0.00000400. The minimum absolute atomic E-state index is 0. The molecule has 21 heavy (non-hydrogen) atoms. The molecule has 1 aromatic carbocycles. The van der Waals surface area contributed by atoms with Crippen LogP contribution in [0.4, 0.5) is 10.1 Å². The van der Waals surface area contributed by atoms with E-state index in [1.54, 1.807) is 13.8 Å². The Bertz CT molecular complexity index is 615. The summed E-state index contributed by atoms with van der Waals surface area (Å²) in [7, 11) is -3.62. The van der Waals surface area contributed by atoms with Gasteiger partial charge < -0.3 is 11.1 Å². The molecule has 1 aromatic rings. The van der Waals surface area contributed by atoms with E-state index in [0.29, 0.717) is 0 Å². The third-order valence-electron chi connectivity index (χ3n) is 2.23. The molecule has 0 saturated carbocycles. The fourth-order valence-corrected chi connectivity index (χ4v) is 1.91. The summed E-state index contributed by atoms with van der Waals surface area (Å²) >= 11 is 0. The van der Waals surface area contributed by atoms with Crippen LogP contribution >= 0.6 is 12.4 Å². The minimum atomic E-state index is -3.62. The van der Waals surface area contributed by atoms with E-state index in [-0.39, 0.29) is 30.2 Å². The number of nitrogens with one attached hydrogen (secondary N) is 2. The lowest BCUT2D eigenvalue weighted by Gasteiger charge is -2.19. The van der Waals surface area contributed by atoms with Crippen molar-refractivity contribution < 1.29 is 17.6 Å². The first kappa shape index (κ1) is 19.6. The molecule has 0 aliphatic heterocycles. The van der Waals surface area contributed by atoms with Crippen LogP contribution in [0, 0.1) is 5.82 Å². The van der Waals surface area contributed by atoms with Crippen molar-refractivity contribution in [2.75, 3.05) is 17.5 Å². The molecule has 0 atom stereocenters. The molecule has 0 radical (unpaired) electrons. The molecule has 120 valence electrons. The van der Waals surface area contributed by atoms with Gasteiger partial charge in [0.05, 0.1) is 11.9 Å². The average Bonchev–Trinajstić information content (AvgIpc) is 2.26. The first-order valence-electron chi connectivity index (χ1n) is 5.82. The molecule has 1 rings (SSSR count). The number of amides is 1. The van der Waals surface area contributed by atoms with Crippen LogP contribution in [0.3, 0.4) is 0 Å². The highest BCUT2D eigenvalue weighted by atomic mass is 35.5. The molecule has 0 saturated heterocycles. The average molecular weight is 340 g/mol. The van der Waals surface area contributed by atoms with Crippen LogP contribution < -0.4 is 15.8 Å². The number of halogens is 2. The highest BCUT2D eigenvalue weighted by Gasteiger charge is 2.15. The second-order valence-electron chi connectivity index (χ2n) is 5.24.